The molecule has 0 spiro atoms. The van der Waals surface area contributed by atoms with Crippen molar-refractivity contribution in [1.29, 1.82) is 0 Å². The molecule has 15 heavy (non-hydrogen) atoms. The summed E-state index contributed by atoms with van der Waals surface area (Å²) in [4.78, 5) is 6.47. The maximum atomic E-state index is 6.23. The Hall–Kier alpha value is -0.800. The lowest BCUT2D eigenvalue weighted by Crippen LogP contribution is -2.23. The van der Waals surface area contributed by atoms with Crippen molar-refractivity contribution in [3.05, 3.63) is 23.0 Å². The zero-order chi connectivity index (χ0) is 10.8. The van der Waals surface area contributed by atoms with Gasteiger partial charge in [0.2, 0.25) is 0 Å². The van der Waals surface area contributed by atoms with Crippen molar-refractivity contribution in [2.75, 3.05) is 24.5 Å². The van der Waals surface area contributed by atoms with Gasteiger partial charge in [0.1, 0.15) is 0 Å². The number of hydrogen-bond donors (Lipinski definition) is 1. The van der Waals surface area contributed by atoms with E-state index in [-0.39, 0.29) is 0 Å². The lowest BCUT2D eigenvalue weighted by atomic mass is 10.1. The monoisotopic (exact) mass is 225 g/mol. The van der Waals surface area contributed by atoms with E-state index in [1.165, 1.54) is 0 Å². The molecule has 1 unspecified atom stereocenters. The van der Waals surface area contributed by atoms with Crippen LogP contribution in [0.3, 0.4) is 0 Å². The van der Waals surface area contributed by atoms with Gasteiger partial charge in [-0.15, -0.1) is 0 Å². The number of pyridine rings is 1. The smallest absolute Gasteiger partial charge is 0.0851 e. The summed E-state index contributed by atoms with van der Waals surface area (Å²) in [5, 5.41) is 0.773. The van der Waals surface area contributed by atoms with Crippen molar-refractivity contribution < 1.29 is 0 Å². The first-order chi connectivity index (χ1) is 7.22. The quantitative estimate of drug-likeness (QED) is 0.835. The number of aryl methyl sites for hydroxylation is 1. The molecule has 0 bridgehead atoms. The number of hydrogen-bond acceptors (Lipinski definition) is 3. The minimum absolute atomic E-state index is 0.606. The third kappa shape index (κ3) is 2.08. The molecule has 1 saturated heterocycles. The van der Waals surface area contributed by atoms with Crippen molar-refractivity contribution in [3.8, 4) is 0 Å². The van der Waals surface area contributed by atoms with Crippen LogP contribution in [-0.2, 0) is 0 Å². The van der Waals surface area contributed by atoms with Gasteiger partial charge in [-0.25, -0.2) is 0 Å². The molecule has 0 aromatic carbocycles. The van der Waals surface area contributed by atoms with Crippen molar-refractivity contribution in [3.63, 3.8) is 0 Å². The molecule has 82 valence electrons. The normalized spacial score (nSPS) is 21.0. The summed E-state index contributed by atoms with van der Waals surface area (Å²) in [5.74, 6) is 0.606. The molecule has 2 N–H and O–H groups in total. The highest BCUT2D eigenvalue weighted by Gasteiger charge is 2.23. The van der Waals surface area contributed by atoms with Gasteiger partial charge in [0.15, 0.2) is 0 Å². The molecule has 1 atom stereocenters. The highest BCUT2D eigenvalue weighted by atomic mass is 35.5. The van der Waals surface area contributed by atoms with Crippen LogP contribution in [0.2, 0.25) is 5.02 Å². The fraction of sp³-hybridized carbons (Fsp3) is 0.545. The minimum Gasteiger partial charge on any atom is -0.370 e. The molecule has 3 nitrogen and oxygen atoms in total. The molecule has 0 saturated carbocycles. The Morgan fingerprint density at radius 2 is 2.47 bits per heavy atom. The van der Waals surface area contributed by atoms with Gasteiger partial charge in [0.25, 0.3) is 0 Å². The molecule has 0 aliphatic carbocycles. The standard InChI is InChI=1S/C11H16ClN3/c1-8-11(12)10(2-4-14-8)15-5-3-9(6-13)7-15/h2,4,9H,3,5-7,13H2,1H3. The lowest BCUT2D eigenvalue weighted by molar-refractivity contribution is 0.602. The second kappa shape index (κ2) is 4.37. The number of aromatic nitrogens is 1. The van der Waals surface area contributed by atoms with Crippen molar-refractivity contribution in [2.45, 2.75) is 13.3 Å². The van der Waals surface area contributed by atoms with Gasteiger partial charge in [0.05, 0.1) is 16.4 Å². The maximum absolute atomic E-state index is 6.23. The van der Waals surface area contributed by atoms with E-state index in [2.05, 4.69) is 9.88 Å². The third-order valence-corrected chi connectivity index (χ3v) is 3.47. The Balaban J connectivity index is 2.20. The third-order valence-electron chi connectivity index (χ3n) is 3.00. The number of nitrogens with zero attached hydrogens (tertiary/aromatic N) is 2. The average Bonchev–Trinajstić information content (AvgIpc) is 2.70. The molecule has 0 amide bonds. The van der Waals surface area contributed by atoms with Gasteiger partial charge < -0.3 is 10.6 Å². The second-order valence-corrected chi connectivity index (χ2v) is 4.44. The SMILES string of the molecule is Cc1nccc(N2CCC(CN)C2)c1Cl. The highest BCUT2D eigenvalue weighted by molar-refractivity contribution is 6.33. The van der Waals surface area contributed by atoms with Crippen molar-refractivity contribution in [2.24, 2.45) is 11.7 Å². The first-order valence-corrected chi connectivity index (χ1v) is 5.66. The van der Waals surface area contributed by atoms with Crippen LogP contribution in [0.4, 0.5) is 5.69 Å². The Kier molecular flexibility index (Phi) is 3.12. The summed E-state index contributed by atoms with van der Waals surface area (Å²) in [6.07, 6.45) is 2.97. The number of rotatable bonds is 2. The van der Waals surface area contributed by atoms with Crippen LogP contribution in [0.5, 0.6) is 0 Å². The molecule has 0 radical (unpaired) electrons. The van der Waals surface area contributed by atoms with Gasteiger partial charge in [-0.05, 0) is 31.9 Å². The summed E-state index contributed by atoms with van der Waals surface area (Å²) < 4.78 is 0. The minimum atomic E-state index is 0.606. The molecule has 1 aromatic rings. The summed E-state index contributed by atoms with van der Waals surface area (Å²) in [6, 6.07) is 1.98. The topological polar surface area (TPSA) is 42.2 Å². The molecule has 1 fully saturated rings. The zero-order valence-electron chi connectivity index (χ0n) is 8.91. The molecule has 2 rings (SSSR count). The van der Waals surface area contributed by atoms with E-state index >= 15 is 0 Å². The van der Waals surface area contributed by atoms with Crippen LogP contribution in [-0.4, -0.2) is 24.6 Å². The molecule has 1 aliphatic rings. The van der Waals surface area contributed by atoms with Crippen LogP contribution in [0.1, 0.15) is 12.1 Å². The summed E-state index contributed by atoms with van der Waals surface area (Å²) >= 11 is 6.23. The Morgan fingerprint density at radius 1 is 1.67 bits per heavy atom. The summed E-state index contributed by atoms with van der Waals surface area (Å²) in [7, 11) is 0. The predicted molar refractivity (Wildman–Crippen MR) is 63.4 cm³/mol. The van der Waals surface area contributed by atoms with Gasteiger partial charge in [-0.1, -0.05) is 11.6 Å². The Labute approximate surface area is 95.2 Å². The van der Waals surface area contributed by atoms with Gasteiger partial charge >= 0.3 is 0 Å². The van der Waals surface area contributed by atoms with E-state index in [0.717, 1.165) is 42.5 Å². The largest absolute Gasteiger partial charge is 0.370 e. The van der Waals surface area contributed by atoms with E-state index in [9.17, 15) is 0 Å². The second-order valence-electron chi connectivity index (χ2n) is 4.07. The fourth-order valence-corrected chi connectivity index (χ4v) is 2.25. The first-order valence-electron chi connectivity index (χ1n) is 5.28. The van der Waals surface area contributed by atoms with E-state index in [1.54, 1.807) is 0 Å². The number of anilines is 1. The number of nitrogens with two attached hydrogens (primary N) is 1. The first kappa shape index (κ1) is 10.7. The van der Waals surface area contributed by atoms with E-state index in [1.807, 2.05) is 19.2 Å². The van der Waals surface area contributed by atoms with Crippen LogP contribution < -0.4 is 10.6 Å². The summed E-state index contributed by atoms with van der Waals surface area (Å²) in [6.45, 7) is 4.76. The van der Waals surface area contributed by atoms with Gasteiger partial charge in [-0.3, -0.25) is 4.98 Å². The Bertz CT molecular complexity index is 354. The zero-order valence-corrected chi connectivity index (χ0v) is 9.67. The molecule has 2 heterocycles. The Morgan fingerprint density at radius 3 is 3.13 bits per heavy atom. The van der Waals surface area contributed by atoms with E-state index < -0.39 is 0 Å². The maximum Gasteiger partial charge on any atom is 0.0851 e. The van der Waals surface area contributed by atoms with E-state index in [4.69, 9.17) is 17.3 Å². The average molecular weight is 226 g/mol. The summed E-state index contributed by atoms with van der Waals surface area (Å²) in [5.41, 5.74) is 7.66. The van der Waals surface area contributed by atoms with Crippen molar-refractivity contribution >= 4 is 17.3 Å². The van der Waals surface area contributed by atoms with Crippen molar-refractivity contribution in [1.82, 2.24) is 4.98 Å². The fourth-order valence-electron chi connectivity index (χ4n) is 2.02. The lowest BCUT2D eigenvalue weighted by Gasteiger charge is -2.20. The van der Waals surface area contributed by atoms with Crippen LogP contribution in [0.15, 0.2) is 12.3 Å². The van der Waals surface area contributed by atoms with Gasteiger partial charge in [-0.2, -0.15) is 0 Å². The molecule has 1 aromatic heterocycles. The number of halogens is 1. The van der Waals surface area contributed by atoms with Crippen LogP contribution >= 0.6 is 11.6 Å². The van der Waals surface area contributed by atoms with Gasteiger partial charge in [0, 0.05) is 19.3 Å². The molecule has 4 heteroatoms. The van der Waals surface area contributed by atoms with E-state index in [0.29, 0.717) is 5.92 Å². The van der Waals surface area contributed by atoms with Crippen LogP contribution in [0.25, 0.3) is 0 Å². The molecular formula is C11H16ClN3. The van der Waals surface area contributed by atoms with Crippen LogP contribution in [0, 0.1) is 12.8 Å². The molecular weight excluding hydrogens is 210 g/mol. The molecule has 1 aliphatic heterocycles. The highest BCUT2D eigenvalue weighted by Crippen LogP contribution is 2.31. The predicted octanol–water partition coefficient (Wildman–Crippen LogP) is 1.83.